The highest BCUT2D eigenvalue weighted by Gasteiger charge is 2.24. The maximum atomic E-state index is 11.3. The van der Waals surface area contributed by atoms with Crippen molar-refractivity contribution < 1.29 is 13.7 Å². The molecule has 0 fully saturated rings. The summed E-state index contributed by atoms with van der Waals surface area (Å²) < 4.78 is 16.6. The molecule has 0 aromatic rings. The number of nitrogens with one attached hydrogen (secondary N) is 1. The van der Waals surface area contributed by atoms with Crippen LogP contribution in [0.25, 0.3) is 0 Å². The summed E-state index contributed by atoms with van der Waals surface area (Å²) in [4.78, 5) is 12.0. The van der Waals surface area contributed by atoms with Gasteiger partial charge in [-0.05, 0) is 24.1 Å². The summed E-state index contributed by atoms with van der Waals surface area (Å²) in [7, 11) is 1.57. The minimum Gasteiger partial charge on any atom is -0.495 e. The maximum absolute atomic E-state index is 11.3. The first-order valence-corrected chi connectivity index (χ1v) is 7.90. The van der Waals surface area contributed by atoms with Crippen molar-refractivity contribution in [2.75, 3.05) is 7.11 Å². The van der Waals surface area contributed by atoms with Gasteiger partial charge in [-0.15, -0.1) is 0 Å². The molecule has 0 saturated heterocycles. The Bertz CT molecular complexity index is 667. The highest BCUT2D eigenvalue weighted by Crippen LogP contribution is 2.26. The summed E-state index contributed by atoms with van der Waals surface area (Å²) in [6.45, 7) is 5.94. The molecule has 0 aromatic heterocycles. The van der Waals surface area contributed by atoms with Crippen molar-refractivity contribution in [2.45, 2.75) is 27.2 Å². The fourth-order valence-electron chi connectivity index (χ4n) is 2.67. The smallest absolute Gasteiger partial charge is 0.240 e. The van der Waals surface area contributed by atoms with Gasteiger partial charge in [0.2, 0.25) is 5.91 Å². The number of nitrogens with zero attached hydrogens (tertiary/aromatic N) is 1. The second-order valence-electron chi connectivity index (χ2n) is 5.54. The van der Waals surface area contributed by atoms with Gasteiger partial charge < -0.3 is 4.74 Å². The lowest BCUT2D eigenvalue weighted by Gasteiger charge is -2.22. The van der Waals surface area contributed by atoms with E-state index in [1.54, 1.807) is 7.11 Å². The van der Waals surface area contributed by atoms with E-state index in [0.29, 0.717) is 28.3 Å². The second-order valence-corrected chi connectivity index (χ2v) is 6.14. The molecule has 6 heteroatoms. The Labute approximate surface area is 133 Å². The van der Waals surface area contributed by atoms with Gasteiger partial charge in [-0.2, -0.15) is 5.10 Å². The number of ether oxygens (including phenoxy) is 1. The third-order valence-corrected chi connectivity index (χ3v) is 4.65. The molecule has 0 bridgehead atoms. The van der Waals surface area contributed by atoms with E-state index in [9.17, 15) is 9.00 Å². The van der Waals surface area contributed by atoms with Gasteiger partial charge in [0, 0.05) is 18.3 Å². The molecule has 2 rings (SSSR count). The van der Waals surface area contributed by atoms with Crippen molar-refractivity contribution in [3.63, 3.8) is 0 Å². The zero-order valence-corrected chi connectivity index (χ0v) is 14.0. The summed E-state index contributed by atoms with van der Waals surface area (Å²) in [5, 5.41) is 4.16. The summed E-state index contributed by atoms with van der Waals surface area (Å²) in [6, 6.07) is 0. The average Bonchev–Trinajstić information content (AvgIpc) is 2.48. The van der Waals surface area contributed by atoms with Crippen LogP contribution in [-0.4, -0.2) is 27.8 Å². The quantitative estimate of drug-likeness (QED) is 0.808. The van der Waals surface area contributed by atoms with Crippen LogP contribution in [-0.2, 0) is 20.8 Å². The van der Waals surface area contributed by atoms with E-state index in [0.717, 1.165) is 16.9 Å². The standard InChI is InChI=1S/C16H20N2O3S/c1-9(15-10(2)8-14(19)17-18-15)7-12-5-6-13(21-4)16(22-20)11(12)3/h5-7,10-11H,8H2,1-4H3,(H,17,19). The first-order valence-electron chi connectivity index (χ1n) is 7.16. The number of rotatable bonds is 3. The minimum absolute atomic E-state index is 0.0218. The zero-order chi connectivity index (χ0) is 16.3. The highest BCUT2D eigenvalue weighted by atomic mass is 32.1. The Balaban J connectivity index is 2.32. The Hall–Kier alpha value is -1.95. The molecule has 1 heterocycles. The number of hydrogen-bond acceptors (Lipinski definition) is 4. The van der Waals surface area contributed by atoms with Crippen molar-refractivity contribution in [3.8, 4) is 0 Å². The molecule has 1 amide bonds. The third kappa shape index (κ3) is 3.27. The largest absolute Gasteiger partial charge is 0.495 e. The van der Waals surface area contributed by atoms with Gasteiger partial charge in [-0.3, -0.25) is 4.79 Å². The molecule has 0 aromatic carbocycles. The number of carbonyl (C=O) groups is 1. The van der Waals surface area contributed by atoms with Crippen molar-refractivity contribution >= 4 is 27.7 Å². The lowest BCUT2D eigenvalue weighted by molar-refractivity contribution is -0.121. The van der Waals surface area contributed by atoms with Crippen molar-refractivity contribution in [1.29, 1.82) is 0 Å². The van der Waals surface area contributed by atoms with Crippen LogP contribution < -0.4 is 5.43 Å². The van der Waals surface area contributed by atoms with E-state index < -0.39 is 0 Å². The maximum Gasteiger partial charge on any atom is 0.240 e. The summed E-state index contributed by atoms with van der Waals surface area (Å²) in [5.74, 6) is 0.636. The molecule has 2 unspecified atom stereocenters. The molecular formula is C16H20N2O3S. The summed E-state index contributed by atoms with van der Waals surface area (Å²) >= 11 is 0.470. The summed E-state index contributed by atoms with van der Waals surface area (Å²) in [6.07, 6.45) is 6.24. The summed E-state index contributed by atoms with van der Waals surface area (Å²) in [5.41, 5.74) is 5.43. The second kappa shape index (κ2) is 6.87. The lowest BCUT2D eigenvalue weighted by atomic mass is 9.88. The van der Waals surface area contributed by atoms with Gasteiger partial charge in [-0.25, -0.2) is 9.63 Å². The minimum atomic E-state index is -0.0552. The molecule has 2 aliphatic rings. The first kappa shape index (κ1) is 16.4. The van der Waals surface area contributed by atoms with Gasteiger partial charge in [0.1, 0.15) is 5.76 Å². The monoisotopic (exact) mass is 320 g/mol. The SMILES string of the molecule is COC1=CC=C(C=C(C)C2=NNC(=O)CC2C)C(C)C1=S=O. The number of hydrazone groups is 1. The van der Waals surface area contributed by atoms with Gasteiger partial charge in [0.25, 0.3) is 0 Å². The van der Waals surface area contributed by atoms with Crippen LogP contribution in [0.3, 0.4) is 0 Å². The number of amides is 1. The number of methoxy groups -OCH3 is 1. The van der Waals surface area contributed by atoms with Crippen LogP contribution >= 0.6 is 0 Å². The number of carbonyl (C=O) groups excluding carboxylic acids is 1. The molecule has 118 valence electrons. The molecule has 0 radical (unpaired) electrons. The first-order chi connectivity index (χ1) is 10.5. The number of hydrogen-bond donors (Lipinski definition) is 1. The van der Waals surface area contributed by atoms with E-state index in [4.69, 9.17) is 4.74 Å². The van der Waals surface area contributed by atoms with Gasteiger partial charge in [0.15, 0.2) is 0 Å². The molecule has 1 N–H and O–H groups in total. The number of allylic oxidation sites excluding steroid dienone is 6. The normalized spacial score (nSPS) is 25.8. The molecule has 1 aliphatic carbocycles. The van der Waals surface area contributed by atoms with E-state index in [1.165, 1.54) is 0 Å². The van der Waals surface area contributed by atoms with Crippen LogP contribution in [0, 0.1) is 11.8 Å². The predicted octanol–water partition coefficient (Wildman–Crippen LogP) is 1.94. The van der Waals surface area contributed by atoms with Gasteiger partial charge >= 0.3 is 0 Å². The molecule has 0 spiro atoms. The highest BCUT2D eigenvalue weighted by molar-refractivity contribution is 7.67. The zero-order valence-electron chi connectivity index (χ0n) is 13.2. The van der Waals surface area contributed by atoms with Crippen molar-refractivity contribution in [3.05, 3.63) is 35.1 Å². The Morgan fingerprint density at radius 1 is 1.45 bits per heavy atom. The van der Waals surface area contributed by atoms with Crippen LogP contribution in [0.5, 0.6) is 0 Å². The van der Waals surface area contributed by atoms with Crippen LogP contribution in [0.1, 0.15) is 27.2 Å². The molecule has 1 aliphatic heterocycles. The molecule has 5 nitrogen and oxygen atoms in total. The third-order valence-electron chi connectivity index (χ3n) is 3.92. The van der Waals surface area contributed by atoms with E-state index in [2.05, 4.69) is 10.5 Å². The van der Waals surface area contributed by atoms with Crippen LogP contribution in [0.2, 0.25) is 0 Å². The van der Waals surface area contributed by atoms with Gasteiger partial charge in [-0.1, -0.05) is 26.0 Å². The molecule has 22 heavy (non-hydrogen) atoms. The lowest BCUT2D eigenvalue weighted by Crippen LogP contribution is -2.32. The van der Waals surface area contributed by atoms with Gasteiger partial charge in [0.05, 0.1) is 28.9 Å². The average molecular weight is 320 g/mol. The van der Waals surface area contributed by atoms with E-state index in [-0.39, 0.29) is 17.7 Å². The Morgan fingerprint density at radius 3 is 2.77 bits per heavy atom. The fraction of sp³-hybridized carbons (Fsp3) is 0.438. The fourth-order valence-corrected chi connectivity index (χ4v) is 3.19. The van der Waals surface area contributed by atoms with Crippen molar-refractivity contribution in [2.24, 2.45) is 16.9 Å². The van der Waals surface area contributed by atoms with Crippen LogP contribution in [0.15, 0.2) is 40.2 Å². The predicted molar refractivity (Wildman–Crippen MR) is 88.6 cm³/mol. The van der Waals surface area contributed by atoms with E-state index in [1.807, 2.05) is 39.0 Å². The Kier molecular flexibility index (Phi) is 5.13. The Morgan fingerprint density at radius 2 is 2.18 bits per heavy atom. The van der Waals surface area contributed by atoms with Crippen molar-refractivity contribution in [1.82, 2.24) is 5.43 Å². The topological polar surface area (TPSA) is 67.8 Å². The molecular weight excluding hydrogens is 300 g/mol. The molecule has 0 saturated carbocycles. The van der Waals surface area contributed by atoms with Crippen LogP contribution in [0.4, 0.5) is 0 Å². The molecule has 2 atom stereocenters. The van der Waals surface area contributed by atoms with E-state index >= 15 is 0 Å².